The molecule has 21 heavy (non-hydrogen) atoms. The third-order valence-electron chi connectivity index (χ3n) is 4.32. The number of rotatable bonds is 9. The van der Waals surface area contributed by atoms with E-state index < -0.39 is 0 Å². The number of unbranched alkanes of at least 4 members (excludes halogenated alkanes) is 3. The highest BCUT2D eigenvalue weighted by atomic mass is 79.9. The van der Waals surface area contributed by atoms with Crippen LogP contribution in [0, 0.1) is 0 Å². The molecule has 0 atom stereocenters. The first kappa shape index (κ1) is 18.7. The summed E-state index contributed by atoms with van der Waals surface area (Å²) in [5.74, 6) is 0. The molecule has 0 unspecified atom stereocenters. The highest BCUT2D eigenvalue weighted by Crippen LogP contribution is 2.19. The van der Waals surface area contributed by atoms with Crippen LogP contribution < -0.4 is 21.5 Å². The molecular formula is C17H31BrN2O. The number of nitrogens with zero attached hydrogens (tertiary/aromatic N) is 2. The minimum Gasteiger partial charge on any atom is -1.00 e. The molecule has 0 radical (unpaired) electrons. The third-order valence-corrected chi connectivity index (χ3v) is 4.32. The highest BCUT2D eigenvalue weighted by Gasteiger charge is 2.25. The molecule has 0 aromatic carbocycles. The molecule has 1 aromatic rings. The Bertz CT molecular complexity index is 404. The van der Waals surface area contributed by atoms with Gasteiger partial charge in [-0.05, 0) is 32.6 Å². The second-order valence-electron chi connectivity index (χ2n) is 5.86. The van der Waals surface area contributed by atoms with Gasteiger partial charge < -0.3 is 21.7 Å². The third kappa shape index (κ3) is 5.41. The Morgan fingerprint density at radius 1 is 1.14 bits per heavy atom. The van der Waals surface area contributed by atoms with Gasteiger partial charge in [0.25, 0.3) is 0 Å². The average molecular weight is 359 g/mol. The number of aryl methyl sites for hydroxylation is 1. The van der Waals surface area contributed by atoms with Crippen molar-refractivity contribution in [1.29, 1.82) is 0 Å². The summed E-state index contributed by atoms with van der Waals surface area (Å²) in [6.45, 7) is 8.22. The predicted molar refractivity (Wildman–Crippen MR) is 81.9 cm³/mol. The SMILES string of the molecule is CCCCCCn1c[n+](CCOCC)c2c1CCCC2.[Br-]. The summed E-state index contributed by atoms with van der Waals surface area (Å²) >= 11 is 0. The molecule has 122 valence electrons. The fourth-order valence-electron chi connectivity index (χ4n) is 3.20. The van der Waals surface area contributed by atoms with Crippen molar-refractivity contribution in [2.45, 2.75) is 78.3 Å². The number of imidazole rings is 1. The second kappa shape index (κ2) is 10.4. The maximum Gasteiger partial charge on any atom is 0.244 e. The number of aromatic nitrogens is 2. The van der Waals surface area contributed by atoms with Crippen molar-refractivity contribution in [3.05, 3.63) is 17.7 Å². The summed E-state index contributed by atoms with van der Waals surface area (Å²) in [4.78, 5) is 0. The van der Waals surface area contributed by atoms with Gasteiger partial charge >= 0.3 is 0 Å². The molecule has 0 fully saturated rings. The van der Waals surface area contributed by atoms with Gasteiger partial charge in [0, 0.05) is 19.4 Å². The summed E-state index contributed by atoms with van der Waals surface area (Å²) in [6, 6.07) is 0. The number of halogens is 1. The van der Waals surface area contributed by atoms with E-state index in [1.54, 1.807) is 11.4 Å². The van der Waals surface area contributed by atoms with E-state index in [0.29, 0.717) is 0 Å². The Hall–Kier alpha value is -0.350. The van der Waals surface area contributed by atoms with Crippen LogP contribution in [-0.4, -0.2) is 17.8 Å². The number of hydrogen-bond donors (Lipinski definition) is 0. The zero-order valence-electron chi connectivity index (χ0n) is 13.7. The zero-order valence-corrected chi connectivity index (χ0v) is 15.3. The Morgan fingerprint density at radius 3 is 2.71 bits per heavy atom. The highest BCUT2D eigenvalue weighted by molar-refractivity contribution is 5.11. The number of ether oxygens (including phenoxy) is 1. The van der Waals surface area contributed by atoms with E-state index >= 15 is 0 Å². The molecule has 0 N–H and O–H groups in total. The molecule has 0 bridgehead atoms. The Kier molecular flexibility index (Phi) is 9.25. The summed E-state index contributed by atoms with van der Waals surface area (Å²) in [7, 11) is 0. The maximum absolute atomic E-state index is 5.52. The van der Waals surface area contributed by atoms with E-state index in [-0.39, 0.29) is 17.0 Å². The van der Waals surface area contributed by atoms with Crippen LogP contribution in [0.5, 0.6) is 0 Å². The summed E-state index contributed by atoms with van der Waals surface area (Å²) < 4.78 is 10.5. The first-order valence-electron chi connectivity index (χ1n) is 8.54. The molecular weight excluding hydrogens is 328 g/mol. The van der Waals surface area contributed by atoms with Crippen molar-refractivity contribution in [2.75, 3.05) is 13.2 Å². The lowest BCUT2D eigenvalue weighted by atomic mass is 10.0. The second-order valence-corrected chi connectivity index (χ2v) is 5.86. The smallest absolute Gasteiger partial charge is 0.244 e. The lowest BCUT2D eigenvalue weighted by molar-refractivity contribution is -0.705. The number of fused-ring (bicyclic) bond motifs is 1. The van der Waals surface area contributed by atoms with Crippen LogP contribution in [0.25, 0.3) is 0 Å². The molecule has 1 aliphatic rings. The van der Waals surface area contributed by atoms with E-state index in [1.807, 2.05) is 0 Å². The Balaban J connectivity index is 0.00000220. The minimum atomic E-state index is 0. The zero-order chi connectivity index (χ0) is 14.2. The molecule has 0 spiro atoms. The van der Waals surface area contributed by atoms with Crippen LogP contribution in [0.1, 0.15) is 63.8 Å². The van der Waals surface area contributed by atoms with Gasteiger partial charge in [-0.1, -0.05) is 19.8 Å². The summed E-state index contributed by atoms with van der Waals surface area (Å²) in [6.07, 6.45) is 12.9. The fourth-order valence-corrected chi connectivity index (χ4v) is 3.20. The van der Waals surface area contributed by atoms with Gasteiger partial charge in [0.05, 0.1) is 13.2 Å². The van der Waals surface area contributed by atoms with Crippen LogP contribution in [0.2, 0.25) is 0 Å². The summed E-state index contributed by atoms with van der Waals surface area (Å²) in [5, 5.41) is 0. The van der Waals surface area contributed by atoms with Crippen LogP contribution in [0.15, 0.2) is 6.33 Å². The summed E-state index contributed by atoms with van der Waals surface area (Å²) in [5.41, 5.74) is 3.18. The lowest BCUT2D eigenvalue weighted by Crippen LogP contribution is -3.00. The molecule has 1 aromatic heterocycles. The van der Waals surface area contributed by atoms with Gasteiger partial charge in [-0.25, -0.2) is 9.13 Å². The van der Waals surface area contributed by atoms with Gasteiger partial charge in [-0.2, -0.15) is 0 Å². The minimum absolute atomic E-state index is 0. The Labute approximate surface area is 140 Å². The first-order chi connectivity index (χ1) is 9.86. The van der Waals surface area contributed by atoms with E-state index in [4.69, 9.17) is 4.74 Å². The molecule has 0 aliphatic heterocycles. The molecule has 0 saturated heterocycles. The first-order valence-corrected chi connectivity index (χ1v) is 8.54. The quantitative estimate of drug-likeness (QED) is 0.458. The van der Waals surface area contributed by atoms with Crippen molar-refractivity contribution >= 4 is 0 Å². The molecule has 4 heteroatoms. The van der Waals surface area contributed by atoms with Gasteiger partial charge in [-0.15, -0.1) is 0 Å². The van der Waals surface area contributed by atoms with E-state index in [9.17, 15) is 0 Å². The van der Waals surface area contributed by atoms with Crippen molar-refractivity contribution in [2.24, 2.45) is 0 Å². The molecule has 3 nitrogen and oxygen atoms in total. The van der Waals surface area contributed by atoms with E-state index in [2.05, 4.69) is 29.3 Å². The molecule has 0 amide bonds. The van der Waals surface area contributed by atoms with Crippen LogP contribution in [0.4, 0.5) is 0 Å². The lowest BCUT2D eigenvalue weighted by Gasteiger charge is -2.10. The van der Waals surface area contributed by atoms with E-state index in [0.717, 1.165) is 19.8 Å². The standard InChI is InChI=1S/C17H31N2O.BrH/c1-3-5-6-9-12-18-15-19(13-14-20-4-2)17-11-8-7-10-16(17)18;/h15H,3-14H2,1-2H3;1H/q+1;/p-1. The maximum atomic E-state index is 5.52. The van der Waals surface area contributed by atoms with Crippen molar-refractivity contribution in [1.82, 2.24) is 4.57 Å². The van der Waals surface area contributed by atoms with Gasteiger partial charge in [0.1, 0.15) is 17.9 Å². The van der Waals surface area contributed by atoms with E-state index in [1.165, 1.54) is 57.9 Å². The monoisotopic (exact) mass is 358 g/mol. The molecule has 0 saturated carbocycles. The van der Waals surface area contributed by atoms with Crippen molar-refractivity contribution in [3.8, 4) is 0 Å². The Morgan fingerprint density at radius 2 is 1.95 bits per heavy atom. The molecule has 1 heterocycles. The normalized spacial score (nSPS) is 13.8. The largest absolute Gasteiger partial charge is 1.00 e. The number of hydrogen-bond acceptors (Lipinski definition) is 1. The molecule has 2 rings (SSSR count). The van der Waals surface area contributed by atoms with Crippen molar-refractivity contribution < 1.29 is 26.3 Å². The van der Waals surface area contributed by atoms with Crippen LogP contribution in [0.3, 0.4) is 0 Å². The predicted octanol–water partition coefficient (Wildman–Crippen LogP) is 0.275. The van der Waals surface area contributed by atoms with Crippen LogP contribution in [-0.2, 0) is 30.7 Å². The van der Waals surface area contributed by atoms with Crippen molar-refractivity contribution in [3.63, 3.8) is 0 Å². The average Bonchev–Trinajstić information content (AvgIpc) is 2.83. The van der Waals surface area contributed by atoms with Gasteiger partial charge in [0.15, 0.2) is 0 Å². The van der Waals surface area contributed by atoms with Crippen LogP contribution >= 0.6 is 0 Å². The van der Waals surface area contributed by atoms with Gasteiger partial charge in [-0.3, -0.25) is 0 Å². The molecule has 1 aliphatic carbocycles. The fraction of sp³-hybridized carbons (Fsp3) is 0.824. The topological polar surface area (TPSA) is 18.0 Å². The van der Waals surface area contributed by atoms with Gasteiger partial charge in [0.2, 0.25) is 6.33 Å².